The smallest absolute Gasteiger partial charge is 0.243 e. The number of thiophene rings is 1. The molecule has 18 heavy (non-hydrogen) atoms. The van der Waals surface area contributed by atoms with Crippen molar-refractivity contribution in [3.05, 3.63) is 45.0 Å². The Morgan fingerprint density at radius 1 is 1.28 bits per heavy atom. The maximum Gasteiger partial charge on any atom is 0.243 e. The van der Waals surface area contributed by atoms with E-state index in [1.165, 1.54) is 4.88 Å². The third-order valence-electron chi connectivity index (χ3n) is 2.45. The van der Waals surface area contributed by atoms with Gasteiger partial charge in [0.25, 0.3) is 0 Å². The number of aromatic nitrogens is 3. The molecule has 4 nitrogen and oxygen atoms in total. The predicted octanol–water partition coefficient (Wildman–Crippen LogP) is 3.71. The molecular weight excluding hydrogens is 291 g/mol. The summed E-state index contributed by atoms with van der Waals surface area (Å²) in [4.78, 5) is 5.41. The lowest BCUT2D eigenvalue weighted by molar-refractivity contribution is 0.902. The van der Waals surface area contributed by atoms with Crippen LogP contribution in [0.4, 0.5) is 5.82 Å². The molecule has 3 rings (SSSR count). The van der Waals surface area contributed by atoms with Gasteiger partial charge in [-0.1, -0.05) is 17.7 Å². The Labute approximate surface area is 117 Å². The van der Waals surface area contributed by atoms with E-state index in [9.17, 15) is 0 Å². The lowest BCUT2D eigenvalue weighted by atomic mass is 10.4. The van der Waals surface area contributed by atoms with Crippen molar-refractivity contribution >= 4 is 45.9 Å². The monoisotopic (exact) mass is 298 g/mol. The molecule has 7 heteroatoms. The number of halogens is 2. The van der Waals surface area contributed by atoms with Gasteiger partial charge in [0, 0.05) is 4.88 Å². The quantitative estimate of drug-likeness (QED) is 0.801. The Kier molecular flexibility index (Phi) is 3.11. The Morgan fingerprint density at radius 2 is 2.17 bits per heavy atom. The van der Waals surface area contributed by atoms with Gasteiger partial charge in [-0.05, 0) is 35.2 Å². The summed E-state index contributed by atoms with van der Waals surface area (Å²) in [7, 11) is 0. The third kappa shape index (κ3) is 2.16. The zero-order chi connectivity index (χ0) is 12.5. The normalized spacial score (nSPS) is 11.0. The largest absolute Gasteiger partial charge is 0.363 e. The summed E-state index contributed by atoms with van der Waals surface area (Å²) >= 11 is 13.6. The first-order valence-electron chi connectivity index (χ1n) is 5.21. The van der Waals surface area contributed by atoms with E-state index in [0.29, 0.717) is 17.5 Å². The van der Waals surface area contributed by atoms with Gasteiger partial charge in [-0.25, -0.2) is 4.52 Å². The number of hydrogen-bond donors (Lipinski definition) is 1. The fourth-order valence-corrected chi connectivity index (χ4v) is 2.65. The van der Waals surface area contributed by atoms with E-state index in [0.717, 1.165) is 5.52 Å². The Bertz CT molecular complexity index is 678. The number of rotatable bonds is 3. The van der Waals surface area contributed by atoms with Gasteiger partial charge in [-0.15, -0.1) is 16.4 Å². The van der Waals surface area contributed by atoms with Crippen LogP contribution in [-0.4, -0.2) is 14.6 Å². The van der Waals surface area contributed by atoms with Gasteiger partial charge in [-0.2, -0.15) is 4.98 Å². The topological polar surface area (TPSA) is 42.2 Å². The predicted molar refractivity (Wildman–Crippen MR) is 74.7 cm³/mol. The number of hydrogen-bond acceptors (Lipinski definition) is 4. The molecule has 0 fully saturated rings. The highest BCUT2D eigenvalue weighted by molar-refractivity contribution is 7.09. The molecule has 0 amide bonds. The molecule has 0 atom stereocenters. The molecule has 92 valence electrons. The van der Waals surface area contributed by atoms with E-state index < -0.39 is 0 Å². The van der Waals surface area contributed by atoms with Crippen LogP contribution in [0.5, 0.6) is 0 Å². The Morgan fingerprint density at radius 3 is 2.94 bits per heavy atom. The fraction of sp³-hybridized carbons (Fsp3) is 0.0909. The molecule has 0 aliphatic heterocycles. The van der Waals surface area contributed by atoms with Crippen molar-refractivity contribution in [3.8, 4) is 0 Å². The second-order valence-corrected chi connectivity index (χ2v) is 5.37. The van der Waals surface area contributed by atoms with Crippen LogP contribution >= 0.6 is 34.5 Å². The molecule has 3 aromatic rings. The van der Waals surface area contributed by atoms with E-state index in [1.54, 1.807) is 21.9 Å². The van der Waals surface area contributed by atoms with Crippen molar-refractivity contribution in [2.75, 3.05) is 5.32 Å². The minimum atomic E-state index is 0.161. The Hall–Kier alpha value is -1.30. The minimum Gasteiger partial charge on any atom is -0.363 e. The van der Waals surface area contributed by atoms with Gasteiger partial charge >= 0.3 is 0 Å². The molecule has 0 aliphatic rings. The van der Waals surface area contributed by atoms with Crippen molar-refractivity contribution in [3.63, 3.8) is 0 Å². The molecule has 0 spiro atoms. The molecule has 0 aliphatic carbocycles. The molecule has 0 unspecified atom stereocenters. The summed E-state index contributed by atoms with van der Waals surface area (Å²) in [5, 5.41) is 9.99. The van der Waals surface area contributed by atoms with Crippen molar-refractivity contribution in [2.45, 2.75) is 6.54 Å². The van der Waals surface area contributed by atoms with Crippen molar-refractivity contribution in [1.82, 2.24) is 14.6 Å². The summed E-state index contributed by atoms with van der Waals surface area (Å²) in [5.74, 6) is 0.676. The first kappa shape index (κ1) is 11.8. The lowest BCUT2D eigenvalue weighted by Crippen LogP contribution is -2.04. The summed E-state index contributed by atoms with van der Waals surface area (Å²) in [6, 6.07) is 7.69. The van der Waals surface area contributed by atoms with Gasteiger partial charge in [0.15, 0.2) is 5.82 Å². The van der Waals surface area contributed by atoms with E-state index >= 15 is 0 Å². The van der Waals surface area contributed by atoms with Crippen LogP contribution in [-0.2, 0) is 6.54 Å². The van der Waals surface area contributed by atoms with Crippen molar-refractivity contribution in [2.24, 2.45) is 0 Å². The van der Waals surface area contributed by atoms with Gasteiger partial charge in [-0.3, -0.25) is 0 Å². The van der Waals surface area contributed by atoms with Crippen LogP contribution in [0.1, 0.15) is 4.88 Å². The zero-order valence-electron chi connectivity index (χ0n) is 9.10. The SMILES string of the molecule is Clc1nc(NCc2cccs2)c2ccc(Cl)n2n1. The highest BCUT2D eigenvalue weighted by Crippen LogP contribution is 2.22. The van der Waals surface area contributed by atoms with E-state index in [2.05, 4.69) is 21.5 Å². The van der Waals surface area contributed by atoms with E-state index in [4.69, 9.17) is 23.2 Å². The highest BCUT2D eigenvalue weighted by Gasteiger charge is 2.09. The van der Waals surface area contributed by atoms with Crippen molar-refractivity contribution in [1.29, 1.82) is 0 Å². The molecular formula is C11H8Cl2N4S. The number of nitrogens with zero attached hydrogens (tertiary/aromatic N) is 3. The van der Waals surface area contributed by atoms with E-state index in [1.807, 2.05) is 17.5 Å². The van der Waals surface area contributed by atoms with Crippen LogP contribution < -0.4 is 5.32 Å². The average molecular weight is 299 g/mol. The molecule has 0 radical (unpaired) electrons. The number of fused-ring (bicyclic) bond motifs is 1. The number of anilines is 1. The molecule has 0 aromatic carbocycles. The molecule has 0 saturated carbocycles. The molecule has 1 N–H and O–H groups in total. The van der Waals surface area contributed by atoms with Crippen LogP contribution in [0.2, 0.25) is 10.4 Å². The molecule has 3 aromatic heterocycles. The second-order valence-electron chi connectivity index (χ2n) is 3.62. The maximum absolute atomic E-state index is 6.00. The van der Waals surface area contributed by atoms with E-state index in [-0.39, 0.29) is 5.28 Å². The average Bonchev–Trinajstić information content (AvgIpc) is 2.97. The van der Waals surface area contributed by atoms with Crippen molar-refractivity contribution < 1.29 is 0 Å². The standard InChI is InChI=1S/C11H8Cl2N4S/c12-9-4-3-8-10(15-11(13)16-17(8)9)14-6-7-2-1-5-18-7/h1-5H,6H2,(H,14,15,16). The third-order valence-corrected chi connectivity index (χ3v) is 3.77. The first-order chi connectivity index (χ1) is 8.74. The molecule has 0 saturated heterocycles. The van der Waals surface area contributed by atoms with Gasteiger partial charge in [0.05, 0.1) is 6.54 Å². The van der Waals surface area contributed by atoms with Crippen LogP contribution in [0.25, 0.3) is 5.52 Å². The molecule has 3 heterocycles. The van der Waals surface area contributed by atoms with Gasteiger partial charge < -0.3 is 5.32 Å². The summed E-state index contributed by atoms with van der Waals surface area (Å²) in [6.07, 6.45) is 0. The maximum atomic E-state index is 6.00. The first-order valence-corrected chi connectivity index (χ1v) is 6.84. The van der Waals surface area contributed by atoms with Gasteiger partial charge in [0.2, 0.25) is 5.28 Å². The van der Waals surface area contributed by atoms with Crippen LogP contribution in [0, 0.1) is 0 Å². The molecule has 0 bridgehead atoms. The Balaban J connectivity index is 1.95. The summed E-state index contributed by atoms with van der Waals surface area (Å²) in [5.41, 5.74) is 0.806. The number of nitrogens with one attached hydrogen (secondary N) is 1. The fourth-order valence-electron chi connectivity index (χ4n) is 1.65. The van der Waals surface area contributed by atoms with Crippen LogP contribution in [0.3, 0.4) is 0 Å². The zero-order valence-corrected chi connectivity index (χ0v) is 11.4. The van der Waals surface area contributed by atoms with Crippen LogP contribution in [0.15, 0.2) is 29.6 Å². The second kappa shape index (κ2) is 4.76. The lowest BCUT2D eigenvalue weighted by Gasteiger charge is -2.06. The van der Waals surface area contributed by atoms with Gasteiger partial charge in [0.1, 0.15) is 10.7 Å². The summed E-state index contributed by atoms with van der Waals surface area (Å²) < 4.78 is 1.56. The summed E-state index contributed by atoms with van der Waals surface area (Å²) in [6.45, 7) is 0.698. The highest BCUT2D eigenvalue weighted by atomic mass is 35.5. The minimum absolute atomic E-state index is 0.161.